The van der Waals surface area contributed by atoms with Crippen LogP contribution in [0.5, 0.6) is 5.75 Å². The van der Waals surface area contributed by atoms with E-state index in [0.29, 0.717) is 6.61 Å². The number of fused-ring (bicyclic) bond motifs is 1. The van der Waals surface area contributed by atoms with Crippen molar-refractivity contribution in [2.24, 2.45) is 0 Å². The van der Waals surface area contributed by atoms with Crippen LogP contribution in [-0.4, -0.2) is 52.0 Å². The zero-order chi connectivity index (χ0) is 21.1. The van der Waals surface area contributed by atoms with Crippen LogP contribution in [0.2, 0.25) is 0 Å². The molecular formula is C22H27N5O3. The van der Waals surface area contributed by atoms with Crippen molar-refractivity contribution in [1.29, 1.82) is 0 Å². The minimum absolute atomic E-state index is 0.0342. The number of aryl methyl sites for hydroxylation is 1. The molecule has 0 bridgehead atoms. The van der Waals surface area contributed by atoms with Gasteiger partial charge in [0.05, 0.1) is 22.9 Å². The number of imidazole rings is 1. The van der Waals surface area contributed by atoms with Crippen molar-refractivity contribution < 1.29 is 9.66 Å². The van der Waals surface area contributed by atoms with Gasteiger partial charge >= 0.3 is 5.69 Å². The molecule has 3 aromatic rings. The van der Waals surface area contributed by atoms with Gasteiger partial charge < -0.3 is 14.5 Å². The number of hydrogen-bond donors (Lipinski definition) is 1. The van der Waals surface area contributed by atoms with Gasteiger partial charge in [0.1, 0.15) is 5.65 Å². The number of nitro groups is 1. The Bertz CT molecular complexity index is 1050. The zero-order valence-electron chi connectivity index (χ0n) is 17.4. The number of hydrogen-bond acceptors (Lipinski definition) is 6. The van der Waals surface area contributed by atoms with E-state index >= 15 is 0 Å². The molecule has 1 fully saturated rings. The van der Waals surface area contributed by atoms with E-state index in [9.17, 15) is 10.1 Å². The summed E-state index contributed by atoms with van der Waals surface area (Å²) in [5, 5.41) is 15.1. The monoisotopic (exact) mass is 409 g/mol. The molecule has 0 saturated carbocycles. The van der Waals surface area contributed by atoms with Gasteiger partial charge in [-0.15, -0.1) is 0 Å². The summed E-state index contributed by atoms with van der Waals surface area (Å²) in [5.74, 6) is 0.284. The number of nitro benzene ring substituents is 1. The molecule has 2 aromatic heterocycles. The normalized spacial score (nSPS) is 15.3. The highest BCUT2D eigenvalue weighted by Crippen LogP contribution is 2.34. The molecule has 8 heteroatoms. The number of nitrogens with one attached hydrogen (secondary N) is 1. The van der Waals surface area contributed by atoms with E-state index in [-0.39, 0.29) is 11.4 Å². The molecule has 1 aromatic carbocycles. The molecule has 1 saturated heterocycles. The largest absolute Gasteiger partial charge is 0.487 e. The molecule has 8 nitrogen and oxygen atoms in total. The van der Waals surface area contributed by atoms with Crippen molar-refractivity contribution in [2.75, 3.05) is 32.8 Å². The summed E-state index contributed by atoms with van der Waals surface area (Å²) in [5.41, 5.74) is 4.49. The lowest BCUT2D eigenvalue weighted by atomic mass is 10.1. The Labute approximate surface area is 175 Å². The van der Waals surface area contributed by atoms with E-state index in [1.807, 2.05) is 38.2 Å². The van der Waals surface area contributed by atoms with E-state index < -0.39 is 4.92 Å². The Hall–Kier alpha value is -2.97. The first-order valence-corrected chi connectivity index (χ1v) is 10.4. The first-order valence-electron chi connectivity index (χ1n) is 10.4. The highest BCUT2D eigenvalue weighted by molar-refractivity contribution is 5.71. The Morgan fingerprint density at radius 3 is 2.93 bits per heavy atom. The molecule has 0 spiro atoms. The molecule has 4 rings (SSSR count). The lowest BCUT2D eigenvalue weighted by Gasteiger charge is -2.20. The Balaban J connectivity index is 1.82. The summed E-state index contributed by atoms with van der Waals surface area (Å²) in [7, 11) is 0. The molecule has 0 radical (unpaired) electrons. The van der Waals surface area contributed by atoms with Crippen molar-refractivity contribution in [3.63, 3.8) is 0 Å². The summed E-state index contributed by atoms with van der Waals surface area (Å²) >= 11 is 0. The number of aromatic nitrogens is 2. The Kier molecular flexibility index (Phi) is 5.96. The number of ether oxygens (including phenoxy) is 1. The number of nitrogens with zero attached hydrogens (tertiary/aromatic N) is 4. The van der Waals surface area contributed by atoms with Gasteiger partial charge in [0.2, 0.25) is 0 Å². The van der Waals surface area contributed by atoms with E-state index in [1.54, 1.807) is 12.1 Å². The van der Waals surface area contributed by atoms with Crippen LogP contribution < -0.4 is 10.1 Å². The Morgan fingerprint density at radius 1 is 1.27 bits per heavy atom. The Morgan fingerprint density at radius 2 is 2.13 bits per heavy atom. The first-order chi connectivity index (χ1) is 14.6. The molecule has 158 valence electrons. The van der Waals surface area contributed by atoms with Crippen LogP contribution in [0.15, 0.2) is 36.5 Å². The maximum Gasteiger partial charge on any atom is 0.311 e. The highest BCUT2D eigenvalue weighted by Gasteiger charge is 2.22. The maximum absolute atomic E-state index is 11.6. The van der Waals surface area contributed by atoms with Crippen molar-refractivity contribution in [1.82, 2.24) is 19.6 Å². The average Bonchev–Trinajstić information content (AvgIpc) is 2.91. The van der Waals surface area contributed by atoms with E-state index in [0.717, 1.165) is 67.3 Å². The predicted octanol–water partition coefficient (Wildman–Crippen LogP) is 3.41. The molecule has 0 amide bonds. The molecule has 0 unspecified atom stereocenters. The fourth-order valence-electron chi connectivity index (χ4n) is 3.99. The topological polar surface area (TPSA) is 84.9 Å². The van der Waals surface area contributed by atoms with Crippen molar-refractivity contribution in [3.05, 3.63) is 57.9 Å². The molecule has 3 heterocycles. The van der Waals surface area contributed by atoms with Crippen LogP contribution >= 0.6 is 0 Å². The quantitative estimate of drug-likeness (QED) is 0.496. The standard InChI is InChI=1S/C22H27N5O3/c1-3-30-20-8-7-17(14-18(20)27(28)29)21-19(15-25-11-5-9-23-10-13-25)26-12-4-6-16(2)22(26)24-21/h4,6-8,12,14,23H,3,5,9-11,13,15H2,1-2H3. The molecule has 30 heavy (non-hydrogen) atoms. The summed E-state index contributed by atoms with van der Waals surface area (Å²) in [6.07, 6.45) is 3.12. The lowest BCUT2D eigenvalue weighted by molar-refractivity contribution is -0.385. The molecule has 0 aliphatic carbocycles. The second kappa shape index (κ2) is 8.81. The van der Waals surface area contributed by atoms with Crippen molar-refractivity contribution in [2.45, 2.75) is 26.8 Å². The molecule has 0 atom stereocenters. The molecule has 1 aliphatic rings. The van der Waals surface area contributed by atoms with Crippen LogP contribution in [0.25, 0.3) is 16.9 Å². The summed E-state index contributed by atoms with van der Waals surface area (Å²) in [6, 6.07) is 9.17. The smallest absolute Gasteiger partial charge is 0.311 e. The van der Waals surface area contributed by atoms with Gasteiger partial charge in [-0.3, -0.25) is 15.0 Å². The van der Waals surface area contributed by atoms with Gasteiger partial charge in [-0.25, -0.2) is 4.98 Å². The number of rotatable bonds is 6. The predicted molar refractivity (Wildman–Crippen MR) is 116 cm³/mol. The first kappa shape index (κ1) is 20.3. The minimum Gasteiger partial charge on any atom is -0.487 e. The minimum atomic E-state index is -0.393. The molecule has 1 aliphatic heterocycles. The third-order valence-electron chi connectivity index (χ3n) is 5.48. The summed E-state index contributed by atoms with van der Waals surface area (Å²) in [4.78, 5) is 18.6. The average molecular weight is 409 g/mol. The van der Waals surface area contributed by atoms with Gasteiger partial charge in [0.25, 0.3) is 0 Å². The fraction of sp³-hybridized carbons (Fsp3) is 0.409. The van der Waals surface area contributed by atoms with Crippen LogP contribution in [-0.2, 0) is 6.54 Å². The zero-order valence-corrected chi connectivity index (χ0v) is 17.4. The number of pyridine rings is 1. The van der Waals surface area contributed by atoms with Crippen LogP contribution in [0.1, 0.15) is 24.6 Å². The van der Waals surface area contributed by atoms with Gasteiger partial charge in [-0.2, -0.15) is 0 Å². The summed E-state index contributed by atoms with van der Waals surface area (Å²) in [6.45, 7) is 8.92. The van der Waals surface area contributed by atoms with E-state index in [1.165, 1.54) is 0 Å². The lowest BCUT2D eigenvalue weighted by Crippen LogP contribution is -2.28. The fourth-order valence-corrected chi connectivity index (χ4v) is 3.99. The van der Waals surface area contributed by atoms with Crippen LogP contribution in [0, 0.1) is 17.0 Å². The van der Waals surface area contributed by atoms with Gasteiger partial charge in [-0.05, 0) is 57.1 Å². The second-order valence-corrected chi connectivity index (χ2v) is 7.54. The van der Waals surface area contributed by atoms with Crippen LogP contribution in [0.3, 0.4) is 0 Å². The third kappa shape index (κ3) is 4.01. The number of benzene rings is 1. The van der Waals surface area contributed by atoms with Crippen LogP contribution in [0.4, 0.5) is 5.69 Å². The van der Waals surface area contributed by atoms with E-state index in [2.05, 4.69) is 14.6 Å². The van der Waals surface area contributed by atoms with Gasteiger partial charge in [-0.1, -0.05) is 6.07 Å². The highest BCUT2D eigenvalue weighted by atomic mass is 16.6. The third-order valence-corrected chi connectivity index (χ3v) is 5.48. The SMILES string of the molecule is CCOc1ccc(-c2nc3c(C)cccn3c2CN2CCCNCC2)cc1[N+](=O)[O-]. The molecular weight excluding hydrogens is 382 g/mol. The summed E-state index contributed by atoms with van der Waals surface area (Å²) < 4.78 is 7.57. The second-order valence-electron chi connectivity index (χ2n) is 7.54. The van der Waals surface area contributed by atoms with Gasteiger partial charge in [0.15, 0.2) is 5.75 Å². The van der Waals surface area contributed by atoms with Crippen molar-refractivity contribution >= 4 is 11.3 Å². The van der Waals surface area contributed by atoms with Crippen molar-refractivity contribution in [3.8, 4) is 17.0 Å². The van der Waals surface area contributed by atoms with E-state index in [4.69, 9.17) is 9.72 Å². The van der Waals surface area contributed by atoms with Gasteiger partial charge in [0, 0.05) is 37.5 Å². The maximum atomic E-state index is 11.6. The molecule has 1 N–H and O–H groups in total.